The van der Waals surface area contributed by atoms with Gasteiger partial charge in [-0.3, -0.25) is 0 Å². The number of fused-ring (bicyclic) bond motifs is 1. The predicted octanol–water partition coefficient (Wildman–Crippen LogP) is 2.07. The zero-order valence-corrected chi connectivity index (χ0v) is 21.1. The third-order valence-corrected chi connectivity index (χ3v) is 7.50. The molecule has 1 atom stereocenters. The molecule has 0 spiro atoms. The van der Waals surface area contributed by atoms with E-state index in [1.165, 1.54) is 5.56 Å². The Labute approximate surface area is 206 Å². The van der Waals surface area contributed by atoms with E-state index < -0.39 is 0 Å². The first kappa shape index (κ1) is 22.5. The van der Waals surface area contributed by atoms with Gasteiger partial charge in [0.2, 0.25) is 5.95 Å². The van der Waals surface area contributed by atoms with E-state index in [1.54, 1.807) is 0 Å². The number of aromatic nitrogens is 4. The monoisotopic (exact) mass is 478 g/mol. The molecular formula is C25H34N8O2. The first-order valence-electron chi connectivity index (χ1n) is 12.6. The van der Waals surface area contributed by atoms with Crippen molar-refractivity contribution in [2.24, 2.45) is 4.99 Å². The zero-order valence-electron chi connectivity index (χ0n) is 21.1. The average Bonchev–Trinajstić information content (AvgIpc) is 3.56. The molecule has 4 aliphatic rings. The molecule has 2 aromatic rings. The Kier molecular flexibility index (Phi) is 5.32. The number of hydrogen-bond donors (Lipinski definition) is 0. The molecule has 2 fully saturated rings. The van der Waals surface area contributed by atoms with E-state index in [4.69, 9.17) is 19.4 Å². The Hall–Kier alpha value is -3.01. The van der Waals surface area contributed by atoms with Gasteiger partial charge in [-0.15, -0.1) is 0 Å². The Morgan fingerprint density at radius 3 is 2.43 bits per heavy atom. The van der Waals surface area contributed by atoms with Gasteiger partial charge < -0.3 is 24.2 Å². The lowest BCUT2D eigenvalue weighted by molar-refractivity contribution is 0.107. The van der Waals surface area contributed by atoms with Gasteiger partial charge in [0.15, 0.2) is 0 Å². The second-order valence-corrected chi connectivity index (χ2v) is 10.8. The van der Waals surface area contributed by atoms with Crippen LogP contribution in [0.5, 0.6) is 0 Å². The van der Waals surface area contributed by atoms with Gasteiger partial charge in [-0.25, -0.2) is 19.9 Å². The maximum absolute atomic E-state index is 6.14. The largest absolute Gasteiger partial charge is 0.457 e. The van der Waals surface area contributed by atoms with Crippen molar-refractivity contribution in [3.8, 4) is 11.3 Å². The minimum Gasteiger partial charge on any atom is -0.457 e. The molecule has 4 aliphatic heterocycles. The lowest BCUT2D eigenvalue weighted by Gasteiger charge is -2.37. The summed E-state index contributed by atoms with van der Waals surface area (Å²) in [6.45, 7) is 14.8. The van der Waals surface area contributed by atoms with Crippen LogP contribution in [0.3, 0.4) is 0 Å². The molecule has 6 heterocycles. The number of aryl methyl sites for hydroxylation is 1. The highest BCUT2D eigenvalue weighted by molar-refractivity contribution is 5.77. The number of likely N-dealkylation sites (tertiary alicyclic amines) is 1. The minimum atomic E-state index is -0.222. The maximum atomic E-state index is 6.14. The summed E-state index contributed by atoms with van der Waals surface area (Å²) in [5.41, 5.74) is 2.79. The van der Waals surface area contributed by atoms with E-state index in [0.29, 0.717) is 19.8 Å². The Balaban J connectivity index is 1.35. The molecule has 0 aromatic carbocycles. The molecule has 2 saturated heterocycles. The van der Waals surface area contributed by atoms with Gasteiger partial charge in [-0.2, -0.15) is 4.98 Å². The molecule has 0 bridgehead atoms. The number of amidine groups is 1. The van der Waals surface area contributed by atoms with Crippen LogP contribution in [0.25, 0.3) is 11.3 Å². The summed E-state index contributed by atoms with van der Waals surface area (Å²) in [6.07, 6.45) is 5.69. The van der Waals surface area contributed by atoms with Crippen molar-refractivity contribution < 1.29 is 9.47 Å². The molecule has 0 radical (unpaired) electrons. The summed E-state index contributed by atoms with van der Waals surface area (Å²) in [6, 6.07) is 0.785. The van der Waals surface area contributed by atoms with Gasteiger partial charge in [0, 0.05) is 56.2 Å². The van der Waals surface area contributed by atoms with E-state index in [9.17, 15) is 0 Å². The number of morpholine rings is 1. The Bertz CT molecular complexity index is 1140. The number of aliphatic imine (C=N–C) groups is 1. The fourth-order valence-corrected chi connectivity index (χ4v) is 5.49. The van der Waals surface area contributed by atoms with Crippen molar-refractivity contribution in [2.45, 2.75) is 51.7 Å². The van der Waals surface area contributed by atoms with Gasteiger partial charge in [0.05, 0.1) is 31.0 Å². The molecular weight excluding hydrogens is 444 g/mol. The maximum Gasteiger partial charge on any atom is 0.288 e. The zero-order chi connectivity index (χ0) is 24.2. The summed E-state index contributed by atoms with van der Waals surface area (Å²) < 4.78 is 11.7. The summed E-state index contributed by atoms with van der Waals surface area (Å²) in [7, 11) is 0. The second-order valence-electron chi connectivity index (χ2n) is 10.8. The lowest BCUT2D eigenvalue weighted by atomic mass is 9.99. The Morgan fingerprint density at radius 1 is 0.943 bits per heavy atom. The molecule has 0 amide bonds. The summed E-state index contributed by atoms with van der Waals surface area (Å²) in [4.78, 5) is 30.8. The third-order valence-electron chi connectivity index (χ3n) is 7.50. The smallest absolute Gasteiger partial charge is 0.288 e. The summed E-state index contributed by atoms with van der Waals surface area (Å²) in [5, 5.41) is 0. The average molecular weight is 479 g/mol. The van der Waals surface area contributed by atoms with Crippen LogP contribution in [0.15, 0.2) is 17.4 Å². The van der Waals surface area contributed by atoms with Crippen LogP contribution >= 0.6 is 0 Å². The first-order chi connectivity index (χ1) is 16.8. The number of rotatable bonds is 3. The van der Waals surface area contributed by atoms with E-state index >= 15 is 0 Å². The highest BCUT2D eigenvalue weighted by atomic mass is 16.5. The SMILES string of the molecule is Cc1ncc(-c2nc(N3CCOCC3)nc3c2CCN3[C@@]2(C)CCN(C3=NCC(C)(C)O3)C2)cn1. The highest BCUT2D eigenvalue weighted by Crippen LogP contribution is 2.41. The number of anilines is 2. The van der Waals surface area contributed by atoms with Crippen molar-refractivity contribution >= 4 is 17.8 Å². The minimum absolute atomic E-state index is 0.0679. The quantitative estimate of drug-likeness (QED) is 0.657. The molecule has 0 saturated carbocycles. The number of hydrogen-bond acceptors (Lipinski definition) is 10. The van der Waals surface area contributed by atoms with Crippen molar-refractivity contribution in [3.05, 3.63) is 23.8 Å². The molecule has 6 rings (SSSR count). The molecule has 186 valence electrons. The number of ether oxygens (including phenoxy) is 2. The fourth-order valence-electron chi connectivity index (χ4n) is 5.49. The normalized spacial score (nSPS) is 25.6. The van der Waals surface area contributed by atoms with Crippen LogP contribution in [0.2, 0.25) is 0 Å². The van der Waals surface area contributed by atoms with Crippen LogP contribution in [-0.4, -0.2) is 94.5 Å². The molecule has 0 unspecified atom stereocenters. The molecule has 0 N–H and O–H groups in total. The second kappa shape index (κ2) is 8.29. The molecule has 10 nitrogen and oxygen atoms in total. The standard InChI is InChI=1S/C25H34N8O2/c1-17-26-13-18(14-27-17)20-19-5-7-33(21(19)30-22(29-20)31-9-11-34-12-10-31)25(4)6-8-32(16-25)23-28-15-24(2,3)35-23/h13-14H,5-12,15-16H2,1-4H3/t25-/m0/s1. The molecule has 0 aliphatic carbocycles. The topological polar surface area (TPSA) is 92.1 Å². The molecule has 10 heteroatoms. The molecule has 35 heavy (non-hydrogen) atoms. The van der Waals surface area contributed by atoms with Crippen LogP contribution in [-0.2, 0) is 15.9 Å². The van der Waals surface area contributed by atoms with Crippen LogP contribution in [0, 0.1) is 6.92 Å². The third kappa shape index (κ3) is 4.07. The number of nitrogens with zero attached hydrogens (tertiary/aromatic N) is 8. The van der Waals surface area contributed by atoms with Gasteiger partial charge >= 0.3 is 0 Å². The van der Waals surface area contributed by atoms with E-state index in [-0.39, 0.29) is 11.1 Å². The highest BCUT2D eigenvalue weighted by Gasteiger charge is 2.46. The van der Waals surface area contributed by atoms with Gasteiger partial charge in [-0.1, -0.05) is 0 Å². The van der Waals surface area contributed by atoms with Crippen LogP contribution in [0.4, 0.5) is 11.8 Å². The van der Waals surface area contributed by atoms with Crippen molar-refractivity contribution in [1.82, 2.24) is 24.8 Å². The van der Waals surface area contributed by atoms with Crippen LogP contribution < -0.4 is 9.80 Å². The van der Waals surface area contributed by atoms with Gasteiger partial charge in [0.25, 0.3) is 6.02 Å². The van der Waals surface area contributed by atoms with Crippen molar-refractivity contribution in [1.29, 1.82) is 0 Å². The molecule has 2 aromatic heterocycles. The van der Waals surface area contributed by atoms with E-state index in [0.717, 1.165) is 80.4 Å². The van der Waals surface area contributed by atoms with Gasteiger partial charge in [-0.05, 0) is 40.5 Å². The van der Waals surface area contributed by atoms with Crippen LogP contribution in [0.1, 0.15) is 38.6 Å². The summed E-state index contributed by atoms with van der Waals surface area (Å²) >= 11 is 0. The summed E-state index contributed by atoms with van der Waals surface area (Å²) in [5.74, 6) is 2.56. The van der Waals surface area contributed by atoms with E-state index in [1.807, 2.05) is 19.3 Å². The predicted molar refractivity (Wildman–Crippen MR) is 134 cm³/mol. The fraction of sp³-hybridized carbons (Fsp3) is 0.640. The van der Waals surface area contributed by atoms with Crippen molar-refractivity contribution in [2.75, 3.05) is 62.3 Å². The first-order valence-corrected chi connectivity index (χ1v) is 12.6. The van der Waals surface area contributed by atoms with Crippen molar-refractivity contribution in [3.63, 3.8) is 0 Å². The lowest BCUT2D eigenvalue weighted by Crippen LogP contribution is -2.49. The van der Waals surface area contributed by atoms with Gasteiger partial charge in [0.1, 0.15) is 17.2 Å². The van der Waals surface area contributed by atoms with E-state index in [2.05, 4.69) is 50.4 Å². The Morgan fingerprint density at radius 2 is 1.71 bits per heavy atom.